The summed E-state index contributed by atoms with van der Waals surface area (Å²) in [6.45, 7) is 0. The van der Waals surface area contributed by atoms with E-state index in [1.54, 1.807) is 0 Å². The molecule has 0 aliphatic heterocycles. The Morgan fingerprint density at radius 3 is 0.500 bits per heavy atom. The zero-order chi connectivity index (χ0) is 33.4. The van der Waals surface area contributed by atoms with E-state index in [1.807, 2.05) is 0 Å². The summed E-state index contributed by atoms with van der Waals surface area (Å²) >= 11 is 0. The molecular formula is C14H2F26. The topological polar surface area (TPSA) is 0 Å². The summed E-state index contributed by atoms with van der Waals surface area (Å²) in [6.07, 6.45) is -22.0. The second kappa shape index (κ2) is 9.21. The minimum absolute atomic E-state index is 3.05. The third kappa shape index (κ3) is 4.86. The predicted octanol–water partition coefficient (Wildman–Crippen LogP) is 9.02. The molecule has 0 saturated carbocycles. The van der Waals surface area contributed by atoms with Crippen molar-refractivity contribution in [2.24, 2.45) is 0 Å². The molecular weight excluding hydrogens is 662 g/mol. The van der Waals surface area contributed by atoms with E-state index in [1.165, 1.54) is 0 Å². The van der Waals surface area contributed by atoms with Crippen LogP contribution in [0.3, 0.4) is 0 Å². The number of hydrogen-bond acceptors (Lipinski definition) is 0. The zero-order valence-corrected chi connectivity index (χ0v) is 17.0. The van der Waals surface area contributed by atoms with Crippen LogP contribution in [0.5, 0.6) is 0 Å². The van der Waals surface area contributed by atoms with Crippen molar-refractivity contribution in [1.29, 1.82) is 0 Å². The van der Waals surface area contributed by atoms with Crippen LogP contribution in [0.25, 0.3) is 0 Å². The Balaban J connectivity index is 6.87. The molecule has 0 radical (unpaired) electrons. The van der Waals surface area contributed by atoms with Crippen molar-refractivity contribution in [2.75, 3.05) is 0 Å². The molecule has 26 heteroatoms. The lowest BCUT2D eigenvalue weighted by molar-refractivity contribution is -0.437. The summed E-state index contributed by atoms with van der Waals surface area (Å²) < 4.78 is 333. The van der Waals surface area contributed by atoms with Crippen LogP contribution in [0.4, 0.5) is 114 Å². The molecule has 0 aliphatic carbocycles. The third-order valence-corrected chi connectivity index (χ3v) is 4.42. The van der Waals surface area contributed by atoms with Crippen LogP contribution >= 0.6 is 0 Å². The summed E-state index contributed by atoms with van der Waals surface area (Å²) in [5.41, 5.74) is 0. The van der Waals surface area contributed by atoms with Gasteiger partial charge in [0.25, 0.3) is 0 Å². The maximum atomic E-state index is 13.3. The molecule has 0 aromatic heterocycles. The van der Waals surface area contributed by atoms with Crippen LogP contribution in [0.1, 0.15) is 0 Å². The average Bonchev–Trinajstić information content (AvgIpc) is 2.69. The molecule has 40 heavy (non-hydrogen) atoms. The minimum atomic E-state index is -8.74. The van der Waals surface area contributed by atoms with E-state index in [9.17, 15) is 114 Å². The zero-order valence-electron chi connectivity index (χ0n) is 17.0. The summed E-state index contributed by atoms with van der Waals surface area (Å²) in [6, 6.07) is 0. The van der Waals surface area contributed by atoms with E-state index in [-0.39, 0.29) is 0 Å². The highest BCUT2D eigenvalue weighted by atomic mass is 19.4. The summed E-state index contributed by atoms with van der Waals surface area (Å²) in [5, 5.41) is 0. The Kier molecular flexibility index (Phi) is 8.73. The first-order valence-electron chi connectivity index (χ1n) is 8.32. The Morgan fingerprint density at radius 2 is 0.350 bits per heavy atom. The standard InChI is InChI=1S/C14H2F26/c15-3(16,5(19,20)7(23,24)9(27,28)11(31,32)13(35,36)37)1-2-4(17,18)6(21,22)8(25,26)10(29,30)12(33,34)14(38,39)40/h1-2H. The van der Waals surface area contributed by atoms with Gasteiger partial charge in [-0.05, 0) is 12.2 Å². The molecule has 0 bridgehead atoms. The number of hydrogen-bond donors (Lipinski definition) is 0. The Labute approximate surface area is 199 Å². The van der Waals surface area contributed by atoms with Crippen molar-refractivity contribution in [1.82, 2.24) is 0 Å². The Morgan fingerprint density at radius 1 is 0.200 bits per heavy atom. The van der Waals surface area contributed by atoms with E-state index in [4.69, 9.17) is 0 Å². The molecule has 0 amide bonds. The van der Waals surface area contributed by atoms with Crippen LogP contribution in [-0.4, -0.2) is 71.6 Å². The Bertz CT molecular complexity index is 863. The normalized spacial score (nSPS) is 17.1. The largest absolute Gasteiger partial charge is 0.460 e. The molecule has 0 spiro atoms. The molecule has 240 valence electrons. The van der Waals surface area contributed by atoms with E-state index in [0.29, 0.717) is 0 Å². The number of halogens is 26. The van der Waals surface area contributed by atoms with Gasteiger partial charge in [-0.2, -0.15) is 114 Å². The molecule has 0 N–H and O–H groups in total. The number of allylic oxidation sites excluding steroid dienone is 2. The highest BCUT2D eigenvalue weighted by Crippen LogP contribution is 2.62. The first kappa shape index (κ1) is 37.9. The van der Waals surface area contributed by atoms with Gasteiger partial charge in [0.05, 0.1) is 0 Å². The summed E-state index contributed by atoms with van der Waals surface area (Å²) in [5.74, 6) is -84.3. The molecule has 0 saturated heterocycles. The van der Waals surface area contributed by atoms with Gasteiger partial charge < -0.3 is 0 Å². The highest BCUT2D eigenvalue weighted by molar-refractivity contribution is 5.20. The first-order valence-corrected chi connectivity index (χ1v) is 8.32. The van der Waals surface area contributed by atoms with Crippen LogP contribution < -0.4 is 0 Å². The predicted molar refractivity (Wildman–Crippen MR) is 70.7 cm³/mol. The lowest BCUT2D eigenvalue weighted by atomic mass is 9.91. The van der Waals surface area contributed by atoms with E-state index < -0.39 is 83.7 Å². The van der Waals surface area contributed by atoms with Gasteiger partial charge in [-0.3, -0.25) is 0 Å². The lowest BCUT2D eigenvalue weighted by Gasteiger charge is -2.40. The molecule has 0 heterocycles. The monoisotopic (exact) mass is 664 g/mol. The third-order valence-electron chi connectivity index (χ3n) is 4.42. The van der Waals surface area contributed by atoms with Gasteiger partial charge in [-0.25, -0.2) is 0 Å². The van der Waals surface area contributed by atoms with Gasteiger partial charge in [0.15, 0.2) is 0 Å². The fourth-order valence-electron chi connectivity index (χ4n) is 1.98. The molecule has 0 nitrogen and oxygen atoms in total. The van der Waals surface area contributed by atoms with Gasteiger partial charge in [0.2, 0.25) is 0 Å². The van der Waals surface area contributed by atoms with Crippen molar-refractivity contribution in [3.05, 3.63) is 12.2 Å². The van der Waals surface area contributed by atoms with Gasteiger partial charge in [-0.15, -0.1) is 0 Å². The maximum Gasteiger partial charge on any atom is 0.460 e. The molecule has 0 fully saturated rings. The first-order chi connectivity index (χ1) is 16.7. The van der Waals surface area contributed by atoms with Gasteiger partial charge >= 0.3 is 71.6 Å². The van der Waals surface area contributed by atoms with Crippen molar-refractivity contribution >= 4 is 0 Å². The van der Waals surface area contributed by atoms with E-state index >= 15 is 0 Å². The minimum Gasteiger partial charge on any atom is -0.195 e. The molecule has 0 aliphatic rings. The number of alkyl halides is 26. The fraction of sp³-hybridized carbons (Fsp3) is 0.857. The fourth-order valence-corrected chi connectivity index (χ4v) is 1.98. The van der Waals surface area contributed by atoms with Gasteiger partial charge in [0, 0.05) is 0 Å². The Hall–Kier alpha value is -2.08. The van der Waals surface area contributed by atoms with Crippen LogP contribution in [0.2, 0.25) is 0 Å². The smallest absolute Gasteiger partial charge is 0.195 e. The summed E-state index contributed by atoms with van der Waals surface area (Å²) in [7, 11) is 0. The maximum absolute atomic E-state index is 13.3. The van der Waals surface area contributed by atoms with Gasteiger partial charge in [-0.1, -0.05) is 0 Å². The van der Waals surface area contributed by atoms with Crippen molar-refractivity contribution < 1.29 is 114 Å². The molecule has 0 aromatic carbocycles. The SMILES string of the molecule is FC(F)(F)C(F)(F)C(F)(F)C(F)(F)C(F)(F)C(F)(F)C=CC(F)(F)C(F)(F)C(F)(F)C(F)(F)C(F)(F)C(F)(F)F. The molecule has 0 aromatic rings. The second-order valence-electron chi connectivity index (χ2n) is 7.17. The van der Waals surface area contributed by atoms with E-state index in [2.05, 4.69) is 0 Å². The van der Waals surface area contributed by atoms with Gasteiger partial charge in [0.1, 0.15) is 0 Å². The lowest BCUT2D eigenvalue weighted by Crippen LogP contribution is -2.70. The quantitative estimate of drug-likeness (QED) is 0.162. The molecule has 0 atom stereocenters. The second-order valence-corrected chi connectivity index (χ2v) is 7.17. The van der Waals surface area contributed by atoms with Crippen LogP contribution in [-0.2, 0) is 0 Å². The van der Waals surface area contributed by atoms with Crippen molar-refractivity contribution in [2.45, 2.75) is 71.6 Å². The van der Waals surface area contributed by atoms with Crippen LogP contribution in [0, 0.1) is 0 Å². The van der Waals surface area contributed by atoms with E-state index in [0.717, 1.165) is 0 Å². The van der Waals surface area contributed by atoms with Crippen molar-refractivity contribution in [3.63, 3.8) is 0 Å². The summed E-state index contributed by atoms with van der Waals surface area (Å²) in [4.78, 5) is 0. The molecule has 0 unspecified atom stereocenters. The highest BCUT2D eigenvalue weighted by Gasteiger charge is 2.92. The average molecular weight is 664 g/mol. The number of rotatable bonds is 10. The molecule has 0 rings (SSSR count). The van der Waals surface area contributed by atoms with Crippen molar-refractivity contribution in [3.8, 4) is 0 Å². The van der Waals surface area contributed by atoms with Crippen LogP contribution in [0.15, 0.2) is 12.2 Å².